The highest BCUT2D eigenvalue weighted by Crippen LogP contribution is 2.34. The number of rotatable bonds is 5. The highest BCUT2D eigenvalue weighted by atomic mass is 32.2. The Hall–Kier alpha value is -4.71. The zero-order valence-electron chi connectivity index (χ0n) is 20.2. The van der Waals surface area contributed by atoms with Crippen LogP contribution in [0, 0.1) is 0 Å². The molecule has 0 spiro atoms. The molecule has 5 aromatic rings. The maximum absolute atomic E-state index is 13.4. The van der Waals surface area contributed by atoms with E-state index in [0.29, 0.717) is 27.4 Å². The van der Waals surface area contributed by atoms with Crippen molar-refractivity contribution >= 4 is 49.0 Å². The molecular formula is C27H19F3N4O4S. The topological polar surface area (TPSA) is 124 Å². The van der Waals surface area contributed by atoms with Crippen molar-refractivity contribution in [2.75, 3.05) is 11.6 Å². The lowest BCUT2D eigenvalue weighted by Gasteiger charge is -2.13. The first-order valence-corrected chi connectivity index (χ1v) is 13.3. The smallest absolute Gasteiger partial charge is 0.364 e. The van der Waals surface area contributed by atoms with E-state index >= 15 is 0 Å². The number of anilines is 1. The lowest BCUT2D eigenvalue weighted by atomic mass is 10.0. The first-order valence-electron chi connectivity index (χ1n) is 11.4. The first kappa shape index (κ1) is 25.9. The molecule has 5 rings (SSSR count). The number of primary amides is 1. The summed E-state index contributed by atoms with van der Waals surface area (Å²) >= 11 is 0. The Bertz CT molecular complexity index is 1900. The van der Waals surface area contributed by atoms with E-state index in [-0.39, 0.29) is 16.3 Å². The molecule has 0 atom stereocenters. The second-order valence-corrected chi connectivity index (χ2v) is 10.8. The van der Waals surface area contributed by atoms with Crippen molar-refractivity contribution in [3.05, 3.63) is 95.7 Å². The highest BCUT2D eigenvalue weighted by molar-refractivity contribution is 7.90. The Morgan fingerprint density at radius 3 is 2.23 bits per heavy atom. The number of benzene rings is 4. The van der Waals surface area contributed by atoms with Crippen molar-refractivity contribution in [1.29, 1.82) is 0 Å². The molecule has 1 heterocycles. The van der Waals surface area contributed by atoms with Crippen LogP contribution in [0.4, 0.5) is 18.9 Å². The monoisotopic (exact) mass is 552 g/mol. The number of sulfone groups is 1. The predicted molar refractivity (Wildman–Crippen MR) is 140 cm³/mol. The molecule has 1 aromatic heterocycles. The van der Waals surface area contributed by atoms with Gasteiger partial charge in [-0.05, 0) is 60.0 Å². The van der Waals surface area contributed by atoms with Gasteiger partial charge in [-0.1, -0.05) is 24.3 Å². The fourth-order valence-electron chi connectivity index (χ4n) is 4.33. The zero-order chi connectivity index (χ0) is 28.1. The van der Waals surface area contributed by atoms with E-state index in [1.165, 1.54) is 41.1 Å². The Morgan fingerprint density at radius 1 is 0.923 bits per heavy atom. The number of halogens is 3. The fraction of sp³-hybridized carbons (Fsp3) is 0.0741. The number of aromatic nitrogens is 2. The zero-order valence-corrected chi connectivity index (χ0v) is 21.0. The van der Waals surface area contributed by atoms with Crippen LogP contribution in [0.25, 0.3) is 27.4 Å². The number of hydrogen-bond donors (Lipinski definition) is 2. The van der Waals surface area contributed by atoms with Crippen molar-refractivity contribution < 1.29 is 31.2 Å². The molecule has 3 N–H and O–H groups in total. The van der Waals surface area contributed by atoms with E-state index in [1.54, 1.807) is 30.3 Å². The van der Waals surface area contributed by atoms with Gasteiger partial charge in [0.25, 0.3) is 11.8 Å². The predicted octanol–water partition coefficient (Wildman–Crippen LogP) is 4.95. The third-order valence-electron chi connectivity index (χ3n) is 6.14. The molecule has 0 bridgehead atoms. The average molecular weight is 553 g/mol. The molecule has 0 aliphatic rings. The molecule has 4 aromatic carbocycles. The van der Waals surface area contributed by atoms with E-state index < -0.39 is 39.0 Å². The van der Waals surface area contributed by atoms with Gasteiger partial charge in [0.15, 0.2) is 15.5 Å². The van der Waals surface area contributed by atoms with Crippen LogP contribution in [0.5, 0.6) is 0 Å². The summed E-state index contributed by atoms with van der Waals surface area (Å²) in [4.78, 5) is 25.1. The summed E-state index contributed by atoms with van der Waals surface area (Å²) in [5, 5.41) is 8.47. The first-order chi connectivity index (χ1) is 18.3. The third-order valence-corrected chi connectivity index (χ3v) is 7.27. The molecule has 0 radical (unpaired) electrons. The van der Waals surface area contributed by atoms with Gasteiger partial charge in [-0.3, -0.25) is 9.59 Å². The van der Waals surface area contributed by atoms with Gasteiger partial charge in [0, 0.05) is 22.7 Å². The van der Waals surface area contributed by atoms with Gasteiger partial charge in [0.1, 0.15) is 0 Å². The van der Waals surface area contributed by atoms with Gasteiger partial charge >= 0.3 is 6.18 Å². The van der Waals surface area contributed by atoms with Crippen molar-refractivity contribution in [2.45, 2.75) is 11.1 Å². The molecule has 8 nitrogen and oxygen atoms in total. The van der Waals surface area contributed by atoms with Gasteiger partial charge in [-0.15, -0.1) is 0 Å². The van der Waals surface area contributed by atoms with Gasteiger partial charge in [-0.2, -0.15) is 18.3 Å². The van der Waals surface area contributed by atoms with Crippen molar-refractivity contribution in [1.82, 2.24) is 9.78 Å². The summed E-state index contributed by atoms with van der Waals surface area (Å²) in [6.07, 6.45) is -3.64. The molecule has 0 saturated heterocycles. The number of amides is 2. The molecular weight excluding hydrogens is 533 g/mol. The van der Waals surface area contributed by atoms with Gasteiger partial charge in [-0.25, -0.2) is 13.1 Å². The molecule has 0 saturated carbocycles. The fourth-order valence-corrected chi connectivity index (χ4v) is 4.97. The Morgan fingerprint density at radius 2 is 1.59 bits per heavy atom. The highest BCUT2D eigenvalue weighted by Gasteiger charge is 2.34. The van der Waals surface area contributed by atoms with Gasteiger partial charge in [0.05, 0.1) is 27.2 Å². The maximum atomic E-state index is 13.4. The largest absolute Gasteiger partial charge is 0.417 e. The molecule has 0 aliphatic carbocycles. The van der Waals surface area contributed by atoms with Crippen molar-refractivity contribution in [2.24, 2.45) is 5.73 Å². The average Bonchev–Trinajstić information content (AvgIpc) is 3.28. The molecule has 198 valence electrons. The second-order valence-electron chi connectivity index (χ2n) is 8.79. The molecule has 0 unspecified atom stereocenters. The number of carbonyl (C=O) groups excluding carboxylic acids is 2. The summed E-state index contributed by atoms with van der Waals surface area (Å²) in [7, 11) is -3.45. The number of nitrogens with one attached hydrogen (secondary N) is 1. The minimum Gasteiger partial charge on any atom is -0.364 e. The second kappa shape index (κ2) is 9.24. The number of nitrogens with zero attached hydrogens (tertiary/aromatic N) is 2. The summed E-state index contributed by atoms with van der Waals surface area (Å²) < 4.78 is 65.5. The van der Waals surface area contributed by atoms with E-state index in [2.05, 4.69) is 10.4 Å². The quantitative estimate of drug-likeness (QED) is 0.319. The lowest BCUT2D eigenvalue weighted by molar-refractivity contribution is -0.137. The summed E-state index contributed by atoms with van der Waals surface area (Å²) in [6, 6.07) is 18.4. The summed E-state index contributed by atoms with van der Waals surface area (Å²) in [5.41, 5.74) is 5.00. The Balaban J connectivity index is 1.66. The van der Waals surface area contributed by atoms with Crippen LogP contribution in [0.1, 0.15) is 26.4 Å². The van der Waals surface area contributed by atoms with Crippen LogP contribution in [0.15, 0.2) is 83.8 Å². The van der Waals surface area contributed by atoms with Crippen molar-refractivity contribution in [3.8, 4) is 5.69 Å². The van der Waals surface area contributed by atoms with Crippen LogP contribution >= 0.6 is 0 Å². The van der Waals surface area contributed by atoms with Gasteiger partial charge in [0.2, 0.25) is 0 Å². The van der Waals surface area contributed by atoms with Crippen LogP contribution < -0.4 is 11.1 Å². The molecule has 39 heavy (non-hydrogen) atoms. The minimum absolute atomic E-state index is 0.0346. The third kappa shape index (κ3) is 4.81. The van der Waals surface area contributed by atoms with E-state index in [1.807, 2.05) is 0 Å². The lowest BCUT2D eigenvalue weighted by Crippen LogP contribution is -2.18. The standard InChI is InChI=1S/C27H19F3N4O4S/c1-39(37,38)18-11-9-17(10-12-18)34-24-20(23(33-34)25(31)35)13-7-15-6-8-16(14-21(15)24)32-26(36)19-4-2-3-5-22(19)27(28,29)30/h2-14H,1H3,(H2,31,35)(H,32,36). The van der Waals surface area contributed by atoms with Crippen LogP contribution in [-0.4, -0.2) is 36.3 Å². The van der Waals surface area contributed by atoms with E-state index in [9.17, 15) is 31.2 Å². The SMILES string of the molecule is CS(=O)(=O)c1ccc(-n2nc(C(N)=O)c3ccc4ccc(NC(=O)c5ccccc5C(F)(F)F)cc4c32)cc1. The number of fused-ring (bicyclic) bond motifs is 3. The molecule has 0 fully saturated rings. The number of nitrogens with two attached hydrogens (primary N) is 1. The number of hydrogen-bond acceptors (Lipinski definition) is 5. The maximum Gasteiger partial charge on any atom is 0.417 e. The van der Waals surface area contributed by atoms with Crippen molar-refractivity contribution in [3.63, 3.8) is 0 Å². The Kier molecular flexibility index (Phi) is 6.14. The summed E-state index contributed by atoms with van der Waals surface area (Å²) in [6.45, 7) is 0. The molecule has 0 aliphatic heterocycles. The summed E-state index contributed by atoms with van der Waals surface area (Å²) in [5.74, 6) is -1.74. The normalized spacial score (nSPS) is 12.1. The number of carbonyl (C=O) groups is 2. The van der Waals surface area contributed by atoms with E-state index in [4.69, 9.17) is 5.73 Å². The van der Waals surface area contributed by atoms with Gasteiger partial charge < -0.3 is 11.1 Å². The number of alkyl halides is 3. The Labute approximate surface area is 219 Å². The minimum atomic E-state index is -4.71. The van der Waals surface area contributed by atoms with Crippen LogP contribution in [0.3, 0.4) is 0 Å². The molecule has 2 amide bonds. The van der Waals surface area contributed by atoms with Crippen LogP contribution in [-0.2, 0) is 16.0 Å². The molecule has 12 heteroatoms. The van der Waals surface area contributed by atoms with E-state index in [0.717, 1.165) is 18.4 Å². The van der Waals surface area contributed by atoms with Crippen LogP contribution in [0.2, 0.25) is 0 Å².